The van der Waals surface area contributed by atoms with Crippen LogP contribution in [0.5, 0.6) is 0 Å². The lowest BCUT2D eigenvalue weighted by Crippen LogP contribution is -2.28. The van der Waals surface area contributed by atoms with Gasteiger partial charge in [0.25, 0.3) is 11.5 Å². The van der Waals surface area contributed by atoms with Crippen molar-refractivity contribution >= 4 is 28.5 Å². The van der Waals surface area contributed by atoms with Gasteiger partial charge < -0.3 is 5.32 Å². The van der Waals surface area contributed by atoms with Crippen LogP contribution in [-0.4, -0.2) is 31.8 Å². The number of halogens is 1. The third-order valence-corrected chi connectivity index (χ3v) is 5.72. The fourth-order valence-corrected chi connectivity index (χ4v) is 3.82. The van der Waals surface area contributed by atoms with Crippen molar-refractivity contribution in [3.63, 3.8) is 0 Å². The quantitative estimate of drug-likeness (QED) is 0.468. The van der Waals surface area contributed by atoms with E-state index in [0.717, 1.165) is 5.56 Å². The molecule has 33 heavy (non-hydrogen) atoms. The van der Waals surface area contributed by atoms with E-state index in [-0.39, 0.29) is 16.9 Å². The molecular formula is C25H26ClN5O2. The van der Waals surface area contributed by atoms with Gasteiger partial charge in [-0.3, -0.25) is 14.2 Å². The Balaban J connectivity index is 1.41. The summed E-state index contributed by atoms with van der Waals surface area (Å²) in [5, 5.41) is 8.25. The number of rotatable bonds is 6. The zero-order valence-corrected chi connectivity index (χ0v) is 19.6. The van der Waals surface area contributed by atoms with Crippen LogP contribution in [-0.2, 0) is 18.5 Å². The van der Waals surface area contributed by atoms with Crippen LogP contribution in [0.3, 0.4) is 0 Å². The van der Waals surface area contributed by atoms with Gasteiger partial charge in [-0.05, 0) is 40.8 Å². The first kappa shape index (κ1) is 22.7. The second-order valence-corrected chi connectivity index (χ2v) is 9.43. The molecule has 4 rings (SSSR count). The largest absolute Gasteiger partial charge is 0.350 e. The summed E-state index contributed by atoms with van der Waals surface area (Å²) in [6, 6.07) is 15.0. The van der Waals surface area contributed by atoms with Gasteiger partial charge >= 0.3 is 0 Å². The van der Waals surface area contributed by atoms with Crippen molar-refractivity contribution in [3.05, 3.63) is 93.1 Å². The van der Waals surface area contributed by atoms with E-state index in [4.69, 9.17) is 11.6 Å². The van der Waals surface area contributed by atoms with Crippen molar-refractivity contribution in [2.24, 2.45) is 0 Å². The van der Waals surface area contributed by atoms with E-state index in [1.807, 2.05) is 42.5 Å². The summed E-state index contributed by atoms with van der Waals surface area (Å²) >= 11 is 6.04. The number of nitrogens with one attached hydrogen (secondary N) is 1. The van der Waals surface area contributed by atoms with Crippen LogP contribution in [0.4, 0.5) is 0 Å². The van der Waals surface area contributed by atoms with Gasteiger partial charge in [-0.2, -0.15) is 5.10 Å². The topological polar surface area (TPSA) is 81.8 Å². The molecule has 0 saturated heterocycles. The maximum absolute atomic E-state index is 12.9. The van der Waals surface area contributed by atoms with Crippen LogP contribution >= 0.6 is 11.6 Å². The first-order valence-electron chi connectivity index (χ1n) is 10.8. The Kier molecular flexibility index (Phi) is 6.33. The van der Waals surface area contributed by atoms with Crippen molar-refractivity contribution in [2.75, 3.05) is 6.54 Å². The highest BCUT2D eigenvalue weighted by molar-refractivity contribution is 6.30. The van der Waals surface area contributed by atoms with Gasteiger partial charge in [0.15, 0.2) is 5.65 Å². The molecular weight excluding hydrogens is 438 g/mol. The van der Waals surface area contributed by atoms with E-state index in [1.54, 1.807) is 10.7 Å². The molecule has 7 nitrogen and oxygen atoms in total. The molecule has 0 unspecified atom stereocenters. The van der Waals surface area contributed by atoms with Crippen molar-refractivity contribution in [1.82, 2.24) is 24.6 Å². The van der Waals surface area contributed by atoms with Gasteiger partial charge in [0.2, 0.25) is 0 Å². The first-order valence-corrected chi connectivity index (χ1v) is 11.1. The molecule has 2 heterocycles. The van der Waals surface area contributed by atoms with E-state index in [2.05, 4.69) is 36.2 Å². The number of amides is 1. The van der Waals surface area contributed by atoms with Crippen LogP contribution in [0.15, 0.2) is 65.8 Å². The number of fused-ring (bicyclic) bond motifs is 1. The molecule has 0 fully saturated rings. The number of nitrogens with zero attached hydrogens (tertiary/aromatic N) is 4. The standard InChI is InChI=1S/C25H26ClN5O2/c1-25(2,3)19-9-7-18(8-10-19)23(32)27-11-12-31-22-21(14-29-31)24(33)30(16-28-22)15-17-5-4-6-20(26)13-17/h4-10,13-14,16H,11-12,15H2,1-3H3,(H,27,32). The minimum atomic E-state index is -0.172. The number of aromatic nitrogens is 4. The predicted molar refractivity (Wildman–Crippen MR) is 130 cm³/mol. The van der Waals surface area contributed by atoms with Gasteiger partial charge in [-0.15, -0.1) is 0 Å². The molecule has 0 aliphatic rings. The third-order valence-electron chi connectivity index (χ3n) is 5.49. The fourth-order valence-electron chi connectivity index (χ4n) is 3.60. The second kappa shape index (κ2) is 9.19. The molecule has 2 aromatic carbocycles. The Bertz CT molecular complexity index is 1350. The molecule has 1 N–H and O–H groups in total. The summed E-state index contributed by atoms with van der Waals surface area (Å²) in [5.74, 6) is -0.149. The molecule has 2 aromatic heterocycles. The van der Waals surface area contributed by atoms with E-state index >= 15 is 0 Å². The Morgan fingerprint density at radius 2 is 1.88 bits per heavy atom. The number of carbonyl (C=O) groups is 1. The lowest BCUT2D eigenvalue weighted by Gasteiger charge is -2.19. The number of carbonyl (C=O) groups excluding carboxylic acids is 1. The fraction of sp³-hybridized carbons (Fsp3) is 0.280. The summed E-state index contributed by atoms with van der Waals surface area (Å²) in [6.07, 6.45) is 3.03. The molecule has 0 saturated carbocycles. The SMILES string of the molecule is CC(C)(C)c1ccc(C(=O)NCCn2ncc3c(=O)n(Cc4cccc(Cl)c4)cnc32)cc1. The maximum atomic E-state index is 12.9. The molecule has 0 spiro atoms. The van der Waals surface area contributed by atoms with E-state index in [1.165, 1.54) is 22.7 Å². The van der Waals surface area contributed by atoms with Crippen molar-refractivity contribution in [2.45, 2.75) is 39.3 Å². The molecule has 0 aliphatic heterocycles. The summed E-state index contributed by atoms with van der Waals surface area (Å²) in [4.78, 5) is 29.8. The highest BCUT2D eigenvalue weighted by Gasteiger charge is 2.15. The minimum Gasteiger partial charge on any atom is -0.350 e. The maximum Gasteiger partial charge on any atom is 0.264 e. The van der Waals surface area contributed by atoms with Gasteiger partial charge in [0.1, 0.15) is 11.7 Å². The average Bonchev–Trinajstić information content (AvgIpc) is 3.19. The molecule has 0 bridgehead atoms. The van der Waals surface area contributed by atoms with Crippen LogP contribution in [0.2, 0.25) is 5.02 Å². The van der Waals surface area contributed by atoms with Crippen molar-refractivity contribution < 1.29 is 4.79 Å². The van der Waals surface area contributed by atoms with Gasteiger partial charge in [-0.1, -0.05) is 56.6 Å². The van der Waals surface area contributed by atoms with Crippen LogP contribution in [0.25, 0.3) is 11.0 Å². The van der Waals surface area contributed by atoms with Crippen LogP contribution in [0.1, 0.15) is 42.3 Å². The summed E-state index contributed by atoms with van der Waals surface area (Å²) in [7, 11) is 0. The van der Waals surface area contributed by atoms with Crippen LogP contribution in [0, 0.1) is 0 Å². The number of hydrogen-bond donors (Lipinski definition) is 1. The van der Waals surface area contributed by atoms with E-state index in [0.29, 0.717) is 41.3 Å². The third kappa shape index (κ3) is 5.14. The summed E-state index contributed by atoms with van der Waals surface area (Å²) < 4.78 is 3.16. The Morgan fingerprint density at radius 1 is 1.12 bits per heavy atom. The zero-order chi connectivity index (χ0) is 23.6. The van der Waals surface area contributed by atoms with Crippen molar-refractivity contribution in [3.8, 4) is 0 Å². The molecule has 0 aliphatic carbocycles. The van der Waals surface area contributed by atoms with Gasteiger partial charge in [0, 0.05) is 17.1 Å². The van der Waals surface area contributed by atoms with E-state index in [9.17, 15) is 9.59 Å². The second-order valence-electron chi connectivity index (χ2n) is 9.00. The Hall–Kier alpha value is -3.45. The Morgan fingerprint density at radius 3 is 2.58 bits per heavy atom. The molecule has 4 aromatic rings. The normalized spacial score (nSPS) is 11.6. The predicted octanol–water partition coefficient (Wildman–Crippen LogP) is 4.02. The smallest absolute Gasteiger partial charge is 0.264 e. The Labute approximate surface area is 197 Å². The molecule has 170 valence electrons. The van der Waals surface area contributed by atoms with E-state index < -0.39 is 0 Å². The van der Waals surface area contributed by atoms with Crippen molar-refractivity contribution in [1.29, 1.82) is 0 Å². The summed E-state index contributed by atoms with van der Waals surface area (Å²) in [5.41, 5.74) is 3.05. The highest BCUT2D eigenvalue weighted by atomic mass is 35.5. The van der Waals surface area contributed by atoms with Gasteiger partial charge in [0.05, 0.1) is 19.3 Å². The lowest BCUT2D eigenvalue weighted by atomic mass is 9.87. The molecule has 0 atom stereocenters. The molecule has 0 radical (unpaired) electrons. The van der Waals surface area contributed by atoms with Crippen LogP contribution < -0.4 is 10.9 Å². The number of hydrogen-bond acceptors (Lipinski definition) is 4. The lowest BCUT2D eigenvalue weighted by molar-refractivity contribution is 0.0952. The highest BCUT2D eigenvalue weighted by Crippen LogP contribution is 2.22. The first-order chi connectivity index (χ1) is 15.7. The monoisotopic (exact) mass is 463 g/mol. The molecule has 8 heteroatoms. The zero-order valence-electron chi connectivity index (χ0n) is 18.9. The molecule has 1 amide bonds. The van der Waals surface area contributed by atoms with Gasteiger partial charge in [-0.25, -0.2) is 9.67 Å². The summed E-state index contributed by atoms with van der Waals surface area (Å²) in [6.45, 7) is 7.55. The minimum absolute atomic E-state index is 0.0376. The average molecular weight is 464 g/mol. The number of benzene rings is 2.